The molecular formula is C11H13NO3S. The molecule has 86 valence electrons. The van der Waals surface area contributed by atoms with Gasteiger partial charge in [0.15, 0.2) is 11.5 Å². The predicted octanol–water partition coefficient (Wildman–Crippen LogP) is 1.11. The SMILES string of the molecule is OCC1CSC(c2ccc3c(c2)OCO3)N1. The van der Waals surface area contributed by atoms with Gasteiger partial charge in [0.25, 0.3) is 0 Å². The van der Waals surface area contributed by atoms with Gasteiger partial charge in [-0.25, -0.2) is 0 Å². The Balaban J connectivity index is 1.80. The second-order valence-electron chi connectivity index (χ2n) is 3.87. The predicted molar refractivity (Wildman–Crippen MR) is 61.8 cm³/mol. The van der Waals surface area contributed by atoms with E-state index in [0.717, 1.165) is 17.3 Å². The van der Waals surface area contributed by atoms with Crippen molar-refractivity contribution in [1.82, 2.24) is 5.32 Å². The zero-order valence-corrected chi connectivity index (χ0v) is 9.50. The van der Waals surface area contributed by atoms with Gasteiger partial charge in [-0.1, -0.05) is 6.07 Å². The van der Waals surface area contributed by atoms with Gasteiger partial charge in [0, 0.05) is 11.8 Å². The van der Waals surface area contributed by atoms with E-state index in [2.05, 4.69) is 5.32 Å². The summed E-state index contributed by atoms with van der Waals surface area (Å²) >= 11 is 1.81. The molecule has 1 aromatic carbocycles. The highest BCUT2D eigenvalue weighted by molar-refractivity contribution is 7.99. The molecule has 5 heteroatoms. The first-order valence-corrected chi connectivity index (χ1v) is 6.30. The third-order valence-corrected chi connectivity index (χ3v) is 4.11. The van der Waals surface area contributed by atoms with Crippen LogP contribution < -0.4 is 14.8 Å². The number of hydrogen-bond donors (Lipinski definition) is 2. The number of rotatable bonds is 2. The standard InChI is InChI=1S/C11H13NO3S/c13-4-8-5-16-11(12-8)7-1-2-9-10(3-7)15-6-14-9/h1-3,8,11-13H,4-6H2. The van der Waals surface area contributed by atoms with Gasteiger partial charge in [-0.3, -0.25) is 5.32 Å². The molecule has 0 saturated carbocycles. The monoisotopic (exact) mass is 239 g/mol. The lowest BCUT2D eigenvalue weighted by Gasteiger charge is -2.12. The van der Waals surface area contributed by atoms with E-state index >= 15 is 0 Å². The summed E-state index contributed by atoms with van der Waals surface area (Å²) in [6, 6.07) is 6.18. The van der Waals surface area contributed by atoms with E-state index in [4.69, 9.17) is 14.6 Å². The third kappa shape index (κ3) is 1.75. The van der Waals surface area contributed by atoms with Gasteiger partial charge in [0.05, 0.1) is 12.0 Å². The molecule has 2 atom stereocenters. The molecule has 0 aromatic heterocycles. The molecule has 2 aliphatic rings. The van der Waals surface area contributed by atoms with Crippen LogP contribution in [0.25, 0.3) is 0 Å². The van der Waals surface area contributed by atoms with Gasteiger partial charge in [0.1, 0.15) is 0 Å². The van der Waals surface area contributed by atoms with Crippen molar-refractivity contribution in [3.8, 4) is 11.5 Å². The van der Waals surface area contributed by atoms with Gasteiger partial charge < -0.3 is 14.6 Å². The third-order valence-electron chi connectivity index (χ3n) is 2.77. The van der Waals surface area contributed by atoms with Gasteiger partial charge in [0.2, 0.25) is 6.79 Å². The maximum absolute atomic E-state index is 9.07. The largest absolute Gasteiger partial charge is 0.454 e. The number of nitrogens with one attached hydrogen (secondary N) is 1. The first-order valence-electron chi connectivity index (χ1n) is 5.25. The first kappa shape index (κ1) is 10.3. The molecule has 0 spiro atoms. The molecule has 2 aliphatic heterocycles. The Morgan fingerprint density at radius 3 is 3.06 bits per heavy atom. The molecule has 4 nitrogen and oxygen atoms in total. The molecule has 2 heterocycles. The number of thioether (sulfide) groups is 1. The minimum absolute atomic E-state index is 0.189. The summed E-state index contributed by atoms with van der Waals surface area (Å²) in [4.78, 5) is 0. The smallest absolute Gasteiger partial charge is 0.231 e. The van der Waals surface area contributed by atoms with Crippen molar-refractivity contribution in [2.75, 3.05) is 19.2 Å². The molecule has 2 unspecified atom stereocenters. The summed E-state index contributed by atoms with van der Waals surface area (Å²) in [7, 11) is 0. The quantitative estimate of drug-likeness (QED) is 0.809. The minimum Gasteiger partial charge on any atom is -0.454 e. The Bertz CT molecular complexity index is 399. The molecule has 0 amide bonds. The summed E-state index contributed by atoms with van der Waals surface area (Å²) in [5.41, 5.74) is 1.17. The maximum Gasteiger partial charge on any atom is 0.231 e. The Kier molecular flexibility index (Phi) is 2.67. The Labute approximate surface area is 97.9 Å². The lowest BCUT2D eigenvalue weighted by atomic mass is 10.2. The van der Waals surface area contributed by atoms with Crippen LogP contribution in [0, 0.1) is 0 Å². The lowest BCUT2D eigenvalue weighted by molar-refractivity contribution is 0.174. The number of benzene rings is 1. The summed E-state index contributed by atoms with van der Waals surface area (Å²) in [5.74, 6) is 2.56. The lowest BCUT2D eigenvalue weighted by Crippen LogP contribution is -2.29. The van der Waals surface area contributed by atoms with Crippen LogP contribution in [0.2, 0.25) is 0 Å². The summed E-state index contributed by atoms with van der Waals surface area (Å²) in [6.07, 6.45) is 0. The highest BCUT2D eigenvalue weighted by Crippen LogP contribution is 2.39. The van der Waals surface area contributed by atoms with E-state index in [1.165, 1.54) is 5.56 Å². The van der Waals surface area contributed by atoms with Gasteiger partial charge >= 0.3 is 0 Å². The molecule has 0 radical (unpaired) electrons. The normalized spacial score (nSPS) is 27.3. The highest BCUT2D eigenvalue weighted by atomic mass is 32.2. The second-order valence-corrected chi connectivity index (χ2v) is 5.01. The first-order chi connectivity index (χ1) is 7.86. The molecular weight excluding hydrogens is 226 g/mol. The second kappa shape index (κ2) is 4.16. The van der Waals surface area contributed by atoms with Crippen molar-refractivity contribution in [3.05, 3.63) is 23.8 Å². The molecule has 1 saturated heterocycles. The number of aliphatic hydroxyl groups excluding tert-OH is 1. The highest BCUT2D eigenvalue weighted by Gasteiger charge is 2.26. The molecule has 1 aromatic rings. The topological polar surface area (TPSA) is 50.7 Å². The van der Waals surface area contributed by atoms with Crippen LogP contribution >= 0.6 is 11.8 Å². The Morgan fingerprint density at radius 1 is 1.38 bits per heavy atom. The van der Waals surface area contributed by atoms with E-state index in [1.807, 2.05) is 18.2 Å². The van der Waals surface area contributed by atoms with E-state index < -0.39 is 0 Å². The molecule has 2 N–H and O–H groups in total. The van der Waals surface area contributed by atoms with Gasteiger partial charge in [-0.05, 0) is 17.7 Å². The fourth-order valence-corrected chi connectivity index (χ4v) is 3.15. The number of hydrogen-bond acceptors (Lipinski definition) is 5. The molecule has 16 heavy (non-hydrogen) atoms. The van der Waals surface area contributed by atoms with Crippen molar-refractivity contribution < 1.29 is 14.6 Å². The summed E-state index contributed by atoms with van der Waals surface area (Å²) < 4.78 is 10.6. The van der Waals surface area contributed by atoms with Gasteiger partial charge in [-0.15, -0.1) is 11.8 Å². The van der Waals surface area contributed by atoms with Gasteiger partial charge in [-0.2, -0.15) is 0 Å². The number of ether oxygens (including phenoxy) is 2. The summed E-state index contributed by atoms with van der Waals surface area (Å²) in [6.45, 7) is 0.497. The van der Waals surface area contributed by atoms with Crippen LogP contribution in [-0.4, -0.2) is 30.3 Å². The Morgan fingerprint density at radius 2 is 2.25 bits per heavy atom. The average molecular weight is 239 g/mol. The fourth-order valence-electron chi connectivity index (χ4n) is 1.90. The van der Waals surface area contributed by atoms with Crippen molar-refractivity contribution in [2.24, 2.45) is 0 Å². The van der Waals surface area contributed by atoms with Crippen LogP contribution in [0.1, 0.15) is 10.9 Å². The van der Waals surface area contributed by atoms with Crippen LogP contribution in [0.4, 0.5) is 0 Å². The Hall–Kier alpha value is -0.910. The van der Waals surface area contributed by atoms with Crippen molar-refractivity contribution >= 4 is 11.8 Å². The van der Waals surface area contributed by atoms with Crippen LogP contribution in [0.3, 0.4) is 0 Å². The molecule has 3 rings (SSSR count). The van der Waals surface area contributed by atoms with E-state index in [0.29, 0.717) is 6.79 Å². The van der Waals surface area contributed by atoms with Crippen LogP contribution in [-0.2, 0) is 0 Å². The van der Waals surface area contributed by atoms with Crippen molar-refractivity contribution in [2.45, 2.75) is 11.4 Å². The number of fused-ring (bicyclic) bond motifs is 1. The maximum atomic E-state index is 9.07. The zero-order valence-electron chi connectivity index (χ0n) is 8.68. The number of aliphatic hydroxyl groups is 1. The molecule has 0 bridgehead atoms. The van der Waals surface area contributed by atoms with Crippen molar-refractivity contribution in [3.63, 3.8) is 0 Å². The van der Waals surface area contributed by atoms with E-state index in [1.54, 1.807) is 11.8 Å². The summed E-state index contributed by atoms with van der Waals surface area (Å²) in [5, 5.41) is 12.7. The van der Waals surface area contributed by atoms with Crippen LogP contribution in [0.5, 0.6) is 11.5 Å². The zero-order chi connectivity index (χ0) is 11.0. The average Bonchev–Trinajstić information content (AvgIpc) is 2.96. The minimum atomic E-state index is 0.189. The van der Waals surface area contributed by atoms with Crippen LogP contribution in [0.15, 0.2) is 18.2 Å². The molecule has 0 aliphatic carbocycles. The van der Waals surface area contributed by atoms with E-state index in [-0.39, 0.29) is 18.0 Å². The van der Waals surface area contributed by atoms with E-state index in [9.17, 15) is 0 Å². The molecule has 1 fully saturated rings. The van der Waals surface area contributed by atoms with Crippen molar-refractivity contribution in [1.29, 1.82) is 0 Å². The fraction of sp³-hybridized carbons (Fsp3) is 0.455.